The molecule has 166 valence electrons. The topological polar surface area (TPSA) is 102 Å². The van der Waals surface area contributed by atoms with Crippen molar-refractivity contribution in [3.8, 4) is 5.00 Å². The SMILES string of the molecule is Cc1ccc(NC(=O)c2c(-n3c(C)cc(/C=N\NC(N)=O)c3C)sc3c2CCCC3)cc1. The van der Waals surface area contributed by atoms with E-state index in [0.29, 0.717) is 0 Å². The minimum absolute atomic E-state index is 0.0821. The van der Waals surface area contributed by atoms with Crippen molar-refractivity contribution in [1.82, 2.24) is 9.99 Å². The van der Waals surface area contributed by atoms with E-state index in [2.05, 4.69) is 20.4 Å². The van der Waals surface area contributed by atoms with Crippen molar-refractivity contribution in [1.29, 1.82) is 0 Å². The number of hydrazone groups is 1. The van der Waals surface area contributed by atoms with E-state index in [0.717, 1.165) is 64.4 Å². The fraction of sp³-hybridized carbons (Fsp3) is 0.292. The van der Waals surface area contributed by atoms with Gasteiger partial charge in [-0.3, -0.25) is 4.79 Å². The number of amides is 3. The number of hydrogen-bond donors (Lipinski definition) is 3. The number of anilines is 1. The second kappa shape index (κ2) is 9.00. The molecule has 0 saturated heterocycles. The summed E-state index contributed by atoms with van der Waals surface area (Å²) in [7, 11) is 0. The van der Waals surface area contributed by atoms with Crippen LogP contribution < -0.4 is 16.5 Å². The minimum Gasteiger partial charge on any atom is -0.350 e. The molecular weight excluding hydrogens is 422 g/mol. The molecule has 7 nitrogen and oxygen atoms in total. The molecule has 3 amide bonds. The molecule has 0 unspecified atom stereocenters. The van der Waals surface area contributed by atoms with Gasteiger partial charge in [-0.25, -0.2) is 10.2 Å². The molecule has 0 fully saturated rings. The number of nitrogens with one attached hydrogen (secondary N) is 2. The van der Waals surface area contributed by atoms with E-state index in [1.165, 1.54) is 10.4 Å². The van der Waals surface area contributed by atoms with Crippen molar-refractivity contribution in [3.63, 3.8) is 0 Å². The number of aromatic nitrogens is 1. The molecule has 0 bridgehead atoms. The lowest BCUT2D eigenvalue weighted by atomic mass is 9.95. The first-order valence-corrected chi connectivity index (χ1v) is 11.5. The molecule has 2 heterocycles. The average molecular weight is 450 g/mol. The summed E-state index contributed by atoms with van der Waals surface area (Å²) in [5, 5.41) is 7.92. The molecule has 1 aromatic carbocycles. The number of thiophene rings is 1. The van der Waals surface area contributed by atoms with Gasteiger partial charge in [-0.05, 0) is 70.2 Å². The second-order valence-corrected chi connectivity index (χ2v) is 9.19. The predicted molar refractivity (Wildman–Crippen MR) is 129 cm³/mol. The normalized spacial score (nSPS) is 13.2. The van der Waals surface area contributed by atoms with Gasteiger partial charge in [0.15, 0.2) is 0 Å². The number of primary amides is 1. The van der Waals surface area contributed by atoms with Crippen LogP contribution in [0.3, 0.4) is 0 Å². The number of fused-ring (bicyclic) bond motifs is 1. The van der Waals surface area contributed by atoms with E-state index in [4.69, 9.17) is 5.73 Å². The smallest absolute Gasteiger partial charge is 0.332 e. The van der Waals surface area contributed by atoms with Crippen molar-refractivity contribution < 1.29 is 9.59 Å². The molecule has 1 aliphatic rings. The molecule has 0 saturated carbocycles. The Hall–Kier alpha value is -3.39. The van der Waals surface area contributed by atoms with Crippen LogP contribution in [0.1, 0.15) is 56.2 Å². The zero-order valence-corrected chi connectivity index (χ0v) is 19.3. The van der Waals surface area contributed by atoms with Gasteiger partial charge >= 0.3 is 6.03 Å². The van der Waals surface area contributed by atoms with E-state index in [-0.39, 0.29) is 5.91 Å². The third kappa shape index (κ3) is 4.31. The maximum atomic E-state index is 13.5. The highest BCUT2D eigenvalue weighted by molar-refractivity contribution is 7.15. The Morgan fingerprint density at radius 3 is 2.56 bits per heavy atom. The molecule has 0 atom stereocenters. The quantitative estimate of drug-likeness (QED) is 0.392. The first kappa shape index (κ1) is 21.8. The predicted octanol–water partition coefficient (Wildman–Crippen LogP) is 4.60. The molecule has 4 rings (SSSR count). The summed E-state index contributed by atoms with van der Waals surface area (Å²) >= 11 is 1.69. The van der Waals surface area contributed by atoms with Gasteiger partial charge in [-0.15, -0.1) is 11.3 Å². The van der Waals surface area contributed by atoms with Crippen LogP contribution in [-0.4, -0.2) is 22.7 Å². The highest BCUT2D eigenvalue weighted by Crippen LogP contribution is 2.39. The summed E-state index contributed by atoms with van der Waals surface area (Å²) in [6, 6.07) is 9.12. The molecular formula is C24H27N5O2S. The number of carbonyl (C=O) groups is 2. The van der Waals surface area contributed by atoms with Crippen molar-refractivity contribution in [2.75, 3.05) is 5.32 Å². The highest BCUT2D eigenvalue weighted by atomic mass is 32.1. The standard InChI is InChI=1S/C24H27N5O2S/c1-14-8-10-18(11-9-14)27-22(30)21-19-6-4-5-7-20(19)32-23(21)29-15(2)12-17(16(29)3)13-26-28-24(25)31/h8-13H,4-7H2,1-3H3,(H,27,30)(H3,25,28,31)/b26-13-. The number of rotatable bonds is 5. The summed E-state index contributed by atoms with van der Waals surface area (Å²) in [5.74, 6) is -0.0821. The number of benzene rings is 1. The Kier molecular flexibility index (Phi) is 6.14. The molecule has 0 aliphatic heterocycles. The molecule has 8 heteroatoms. The van der Waals surface area contributed by atoms with Crippen LogP contribution in [0.5, 0.6) is 0 Å². The van der Waals surface area contributed by atoms with Crippen LogP contribution in [0, 0.1) is 20.8 Å². The van der Waals surface area contributed by atoms with Crippen LogP contribution in [0.2, 0.25) is 0 Å². The molecule has 3 aromatic rings. The summed E-state index contributed by atoms with van der Waals surface area (Å²) in [6.07, 6.45) is 5.73. The Bertz CT molecular complexity index is 1200. The number of carbonyl (C=O) groups excluding carboxylic acids is 2. The molecule has 32 heavy (non-hydrogen) atoms. The Balaban J connectivity index is 1.76. The number of urea groups is 1. The largest absolute Gasteiger partial charge is 0.350 e. The molecule has 2 aromatic heterocycles. The number of nitrogens with two attached hydrogens (primary N) is 1. The van der Waals surface area contributed by atoms with E-state index in [1.807, 2.05) is 51.1 Å². The second-order valence-electron chi connectivity index (χ2n) is 8.11. The molecule has 1 aliphatic carbocycles. The van der Waals surface area contributed by atoms with E-state index < -0.39 is 6.03 Å². The van der Waals surface area contributed by atoms with Gasteiger partial charge in [-0.2, -0.15) is 5.10 Å². The van der Waals surface area contributed by atoms with Crippen LogP contribution in [0.25, 0.3) is 5.00 Å². The van der Waals surface area contributed by atoms with Crippen molar-refractivity contribution in [2.24, 2.45) is 10.8 Å². The summed E-state index contributed by atoms with van der Waals surface area (Å²) in [4.78, 5) is 25.7. The third-order valence-corrected chi connectivity index (χ3v) is 7.02. The summed E-state index contributed by atoms with van der Waals surface area (Å²) < 4.78 is 2.11. The number of nitrogens with zero attached hydrogens (tertiary/aromatic N) is 2. The lowest BCUT2D eigenvalue weighted by Gasteiger charge is -2.14. The van der Waals surface area contributed by atoms with Gasteiger partial charge in [0.05, 0.1) is 11.8 Å². The van der Waals surface area contributed by atoms with Crippen LogP contribution >= 0.6 is 11.3 Å². The fourth-order valence-corrected chi connectivity index (χ4v) is 5.67. The number of hydrogen-bond acceptors (Lipinski definition) is 4. The first-order valence-electron chi connectivity index (χ1n) is 10.7. The summed E-state index contributed by atoms with van der Waals surface area (Å²) in [5.41, 5.74) is 14.0. The van der Waals surface area contributed by atoms with Gasteiger partial charge in [0.25, 0.3) is 5.91 Å². The molecule has 4 N–H and O–H groups in total. The number of aryl methyl sites for hydroxylation is 3. The Morgan fingerprint density at radius 1 is 1.12 bits per heavy atom. The lowest BCUT2D eigenvalue weighted by molar-refractivity contribution is 0.102. The fourth-order valence-electron chi connectivity index (χ4n) is 4.17. The van der Waals surface area contributed by atoms with E-state index in [1.54, 1.807) is 17.6 Å². The Morgan fingerprint density at radius 2 is 1.84 bits per heavy atom. The van der Waals surface area contributed by atoms with Crippen LogP contribution in [0.15, 0.2) is 35.4 Å². The lowest BCUT2D eigenvalue weighted by Crippen LogP contribution is -2.24. The van der Waals surface area contributed by atoms with E-state index in [9.17, 15) is 9.59 Å². The maximum Gasteiger partial charge on any atom is 0.332 e. The first-order chi connectivity index (χ1) is 15.3. The average Bonchev–Trinajstić information content (AvgIpc) is 3.26. The van der Waals surface area contributed by atoms with Gasteiger partial charge < -0.3 is 15.6 Å². The zero-order valence-electron chi connectivity index (χ0n) is 18.5. The zero-order chi connectivity index (χ0) is 22.8. The van der Waals surface area contributed by atoms with Gasteiger partial charge in [0, 0.05) is 27.5 Å². The van der Waals surface area contributed by atoms with E-state index >= 15 is 0 Å². The van der Waals surface area contributed by atoms with Crippen molar-refractivity contribution in [3.05, 3.63) is 68.9 Å². The summed E-state index contributed by atoms with van der Waals surface area (Å²) in [6.45, 7) is 6.02. The van der Waals surface area contributed by atoms with Crippen molar-refractivity contribution >= 4 is 35.2 Å². The monoisotopic (exact) mass is 449 g/mol. The van der Waals surface area contributed by atoms with Gasteiger partial charge in [0.2, 0.25) is 0 Å². The molecule has 0 radical (unpaired) electrons. The minimum atomic E-state index is -0.712. The van der Waals surface area contributed by atoms with Crippen LogP contribution in [-0.2, 0) is 12.8 Å². The van der Waals surface area contributed by atoms with Gasteiger partial charge in [0.1, 0.15) is 5.00 Å². The maximum absolute atomic E-state index is 13.5. The highest BCUT2D eigenvalue weighted by Gasteiger charge is 2.28. The Labute approximate surface area is 191 Å². The van der Waals surface area contributed by atoms with Gasteiger partial charge in [-0.1, -0.05) is 17.7 Å². The molecule has 0 spiro atoms. The third-order valence-electron chi connectivity index (χ3n) is 5.74. The van der Waals surface area contributed by atoms with Crippen molar-refractivity contribution in [2.45, 2.75) is 46.5 Å². The van der Waals surface area contributed by atoms with Crippen LogP contribution in [0.4, 0.5) is 10.5 Å².